The van der Waals surface area contributed by atoms with Crippen molar-refractivity contribution in [3.8, 4) is 0 Å². The second-order valence-electron chi connectivity index (χ2n) is 6.36. The minimum Gasteiger partial charge on any atom is -0.452 e. The van der Waals surface area contributed by atoms with Crippen LogP contribution in [-0.2, 0) is 14.3 Å². The molecule has 1 aliphatic heterocycles. The average Bonchev–Trinajstić information content (AvgIpc) is 2.74. The summed E-state index contributed by atoms with van der Waals surface area (Å²) >= 11 is 1.39. The Hall–Kier alpha value is -3.12. The Bertz CT molecular complexity index is 940. The van der Waals surface area contributed by atoms with Gasteiger partial charge in [-0.2, -0.15) is 0 Å². The number of amides is 1. The number of rotatable bonds is 5. The number of pyridine rings is 1. The van der Waals surface area contributed by atoms with Gasteiger partial charge in [-0.1, -0.05) is 42.5 Å². The molecule has 1 aromatic heterocycles. The van der Waals surface area contributed by atoms with Crippen molar-refractivity contribution in [1.82, 2.24) is 4.98 Å². The molecule has 6 heteroatoms. The van der Waals surface area contributed by atoms with Crippen molar-refractivity contribution < 1.29 is 14.3 Å². The molecule has 4 rings (SSSR count). The molecule has 2 heterocycles. The lowest BCUT2D eigenvalue weighted by atomic mass is 10.0. The minimum atomic E-state index is -0.541. The molecule has 28 heavy (non-hydrogen) atoms. The molecule has 0 spiro atoms. The third-order valence-electron chi connectivity index (χ3n) is 4.42. The number of hydrogen-bond donors (Lipinski definition) is 1. The number of para-hydroxylation sites is 1. The molecule has 2 aromatic carbocycles. The van der Waals surface area contributed by atoms with Gasteiger partial charge >= 0.3 is 5.97 Å². The quantitative estimate of drug-likeness (QED) is 0.661. The Morgan fingerprint density at radius 3 is 2.46 bits per heavy atom. The Morgan fingerprint density at radius 2 is 1.68 bits per heavy atom. The molecule has 0 radical (unpaired) electrons. The maximum Gasteiger partial charge on any atom is 0.308 e. The summed E-state index contributed by atoms with van der Waals surface area (Å²) in [5, 5.41) is 2.34. The number of nitrogens with one attached hydrogen (secondary N) is 1. The van der Waals surface area contributed by atoms with Crippen molar-refractivity contribution in [2.75, 3.05) is 5.32 Å². The molecule has 5 nitrogen and oxygen atoms in total. The summed E-state index contributed by atoms with van der Waals surface area (Å²) < 4.78 is 5.80. The van der Waals surface area contributed by atoms with E-state index in [1.54, 1.807) is 12.4 Å². The lowest BCUT2D eigenvalue weighted by Crippen LogP contribution is -2.31. The van der Waals surface area contributed by atoms with Gasteiger partial charge in [0.1, 0.15) is 0 Å². The zero-order chi connectivity index (χ0) is 19.3. The Labute approximate surface area is 167 Å². The van der Waals surface area contributed by atoms with E-state index < -0.39 is 17.3 Å². The standard InChI is InChI=1S/C22H18N2O3S/c25-20(14-19-22(26)24-17-8-4-5-9-18(17)28-19)27-21(15-6-2-1-3-7-15)16-10-12-23-13-11-16/h1-13,19,21H,14H2,(H,24,26)/t19-,21-/m1/s1. The molecular weight excluding hydrogens is 372 g/mol. The van der Waals surface area contributed by atoms with E-state index in [1.807, 2.05) is 66.7 Å². The topological polar surface area (TPSA) is 68.3 Å². The molecule has 0 saturated heterocycles. The summed E-state index contributed by atoms with van der Waals surface area (Å²) in [5.41, 5.74) is 2.48. The highest BCUT2D eigenvalue weighted by atomic mass is 32.2. The van der Waals surface area contributed by atoms with E-state index >= 15 is 0 Å². The third kappa shape index (κ3) is 4.07. The number of hydrogen-bond acceptors (Lipinski definition) is 5. The van der Waals surface area contributed by atoms with Gasteiger partial charge in [0.05, 0.1) is 17.4 Å². The first kappa shape index (κ1) is 18.3. The Morgan fingerprint density at radius 1 is 1.00 bits per heavy atom. The normalized spacial score (nSPS) is 16.6. The molecule has 0 saturated carbocycles. The highest BCUT2D eigenvalue weighted by Crippen LogP contribution is 2.37. The summed E-state index contributed by atoms with van der Waals surface area (Å²) in [7, 11) is 0. The second kappa shape index (κ2) is 8.27. The zero-order valence-electron chi connectivity index (χ0n) is 14.9. The molecule has 1 aliphatic rings. The van der Waals surface area contributed by atoms with Gasteiger partial charge in [-0.05, 0) is 29.8 Å². The van der Waals surface area contributed by atoms with Gasteiger partial charge in [-0.3, -0.25) is 14.6 Å². The number of nitrogens with zero attached hydrogens (tertiary/aromatic N) is 1. The SMILES string of the molecule is O=C(C[C@H]1Sc2ccccc2NC1=O)O[C@H](c1ccccc1)c1ccncc1. The van der Waals surface area contributed by atoms with Crippen LogP contribution >= 0.6 is 11.8 Å². The van der Waals surface area contributed by atoms with E-state index in [0.717, 1.165) is 21.7 Å². The molecular formula is C22H18N2O3S. The predicted molar refractivity (Wildman–Crippen MR) is 108 cm³/mol. The van der Waals surface area contributed by atoms with Crippen LogP contribution in [0.5, 0.6) is 0 Å². The number of fused-ring (bicyclic) bond motifs is 1. The van der Waals surface area contributed by atoms with E-state index in [9.17, 15) is 9.59 Å². The molecule has 0 fully saturated rings. The maximum absolute atomic E-state index is 12.7. The van der Waals surface area contributed by atoms with Crippen molar-refractivity contribution in [3.05, 3.63) is 90.3 Å². The lowest BCUT2D eigenvalue weighted by Gasteiger charge is -2.24. The van der Waals surface area contributed by atoms with E-state index in [2.05, 4.69) is 10.3 Å². The average molecular weight is 390 g/mol. The fraction of sp³-hybridized carbons (Fsp3) is 0.136. The van der Waals surface area contributed by atoms with Crippen LogP contribution in [-0.4, -0.2) is 22.1 Å². The van der Waals surface area contributed by atoms with Crippen LogP contribution in [0.2, 0.25) is 0 Å². The highest BCUT2D eigenvalue weighted by Gasteiger charge is 2.30. The highest BCUT2D eigenvalue weighted by molar-refractivity contribution is 8.01. The number of ether oxygens (including phenoxy) is 1. The van der Waals surface area contributed by atoms with Crippen molar-refractivity contribution in [2.45, 2.75) is 22.7 Å². The van der Waals surface area contributed by atoms with Crippen molar-refractivity contribution in [2.24, 2.45) is 0 Å². The molecule has 1 N–H and O–H groups in total. The second-order valence-corrected chi connectivity index (χ2v) is 7.60. The summed E-state index contributed by atoms with van der Waals surface area (Å²) in [5.74, 6) is -0.599. The van der Waals surface area contributed by atoms with E-state index in [4.69, 9.17) is 4.74 Å². The summed E-state index contributed by atoms with van der Waals surface area (Å²) in [4.78, 5) is 30.0. The monoisotopic (exact) mass is 390 g/mol. The van der Waals surface area contributed by atoms with Gasteiger partial charge in [0.15, 0.2) is 6.10 Å². The van der Waals surface area contributed by atoms with Gasteiger partial charge in [-0.25, -0.2) is 0 Å². The van der Waals surface area contributed by atoms with Gasteiger partial charge in [0, 0.05) is 22.9 Å². The van der Waals surface area contributed by atoms with Crippen LogP contribution < -0.4 is 5.32 Å². The fourth-order valence-electron chi connectivity index (χ4n) is 3.05. The van der Waals surface area contributed by atoms with E-state index in [-0.39, 0.29) is 12.3 Å². The van der Waals surface area contributed by atoms with Gasteiger partial charge < -0.3 is 10.1 Å². The molecule has 140 valence electrons. The minimum absolute atomic E-state index is 0.000743. The predicted octanol–water partition coefficient (Wildman–Crippen LogP) is 4.22. The number of anilines is 1. The molecule has 2 atom stereocenters. The lowest BCUT2D eigenvalue weighted by molar-refractivity contribution is -0.148. The largest absolute Gasteiger partial charge is 0.452 e. The number of esters is 1. The van der Waals surface area contributed by atoms with Gasteiger partial charge in [0.2, 0.25) is 5.91 Å². The van der Waals surface area contributed by atoms with Gasteiger partial charge in [0.25, 0.3) is 0 Å². The smallest absolute Gasteiger partial charge is 0.308 e. The van der Waals surface area contributed by atoms with Crippen LogP contribution in [0.4, 0.5) is 5.69 Å². The van der Waals surface area contributed by atoms with Crippen molar-refractivity contribution in [3.63, 3.8) is 0 Å². The summed E-state index contributed by atoms with van der Waals surface area (Å²) in [6.45, 7) is 0. The number of benzene rings is 2. The molecule has 0 unspecified atom stereocenters. The maximum atomic E-state index is 12.7. The number of carbonyl (C=O) groups is 2. The number of thioether (sulfide) groups is 1. The molecule has 1 amide bonds. The van der Waals surface area contributed by atoms with Gasteiger partial charge in [-0.15, -0.1) is 11.8 Å². The van der Waals surface area contributed by atoms with Crippen LogP contribution in [0, 0.1) is 0 Å². The van der Waals surface area contributed by atoms with Crippen LogP contribution in [0.1, 0.15) is 23.7 Å². The molecule has 0 aliphatic carbocycles. The van der Waals surface area contributed by atoms with Crippen LogP contribution in [0.3, 0.4) is 0 Å². The number of carbonyl (C=O) groups excluding carboxylic acids is 2. The third-order valence-corrected chi connectivity index (χ3v) is 5.69. The number of aromatic nitrogens is 1. The first-order valence-corrected chi connectivity index (χ1v) is 9.79. The van der Waals surface area contributed by atoms with E-state index in [1.165, 1.54) is 11.8 Å². The molecule has 3 aromatic rings. The van der Waals surface area contributed by atoms with Crippen molar-refractivity contribution >= 4 is 29.3 Å². The van der Waals surface area contributed by atoms with E-state index in [0.29, 0.717) is 0 Å². The summed E-state index contributed by atoms with van der Waals surface area (Å²) in [6, 6.07) is 20.7. The van der Waals surface area contributed by atoms with Crippen molar-refractivity contribution in [1.29, 1.82) is 0 Å². The first-order valence-electron chi connectivity index (χ1n) is 8.91. The zero-order valence-corrected chi connectivity index (χ0v) is 15.8. The van der Waals surface area contributed by atoms with Crippen LogP contribution in [0.15, 0.2) is 84.0 Å². The Balaban J connectivity index is 1.50. The summed E-state index contributed by atoms with van der Waals surface area (Å²) in [6.07, 6.45) is 2.79. The fourth-order valence-corrected chi connectivity index (χ4v) is 4.15. The Kier molecular flexibility index (Phi) is 5.39. The van der Waals surface area contributed by atoms with Crippen LogP contribution in [0.25, 0.3) is 0 Å². The first-order chi connectivity index (χ1) is 13.7. The molecule has 0 bridgehead atoms.